The van der Waals surface area contributed by atoms with Gasteiger partial charge in [0.05, 0.1) is 6.42 Å². The van der Waals surface area contributed by atoms with Gasteiger partial charge in [0.2, 0.25) is 0 Å². The van der Waals surface area contributed by atoms with E-state index >= 15 is 0 Å². The summed E-state index contributed by atoms with van der Waals surface area (Å²) < 4.78 is 5.38. The van der Waals surface area contributed by atoms with Crippen LogP contribution in [-0.2, 0) is 9.53 Å². The standard InChI is InChI=1S/C18H25N3O2/c1-18(2,3)23-17(22)8-11-21(12-9-19)16-6-4-5-14-13-20-10-7-15(14)16/h4-7,10,13H,8-9,11-12,19H2,1-3H3. The van der Waals surface area contributed by atoms with Crippen molar-refractivity contribution in [2.75, 3.05) is 24.5 Å². The van der Waals surface area contributed by atoms with Crippen LogP contribution in [-0.4, -0.2) is 36.2 Å². The fourth-order valence-electron chi connectivity index (χ4n) is 2.51. The molecule has 0 radical (unpaired) electrons. The number of aromatic nitrogens is 1. The summed E-state index contributed by atoms with van der Waals surface area (Å²) in [5.74, 6) is -0.193. The van der Waals surface area contributed by atoms with Gasteiger partial charge in [-0.3, -0.25) is 9.78 Å². The maximum absolute atomic E-state index is 12.0. The third-order valence-electron chi connectivity index (χ3n) is 3.40. The smallest absolute Gasteiger partial charge is 0.308 e. The summed E-state index contributed by atoms with van der Waals surface area (Å²) in [4.78, 5) is 18.3. The Bertz CT molecular complexity index is 659. The van der Waals surface area contributed by atoms with Crippen LogP contribution in [0.2, 0.25) is 0 Å². The van der Waals surface area contributed by atoms with E-state index in [0.29, 0.717) is 26.1 Å². The summed E-state index contributed by atoms with van der Waals surface area (Å²) in [6, 6.07) is 8.06. The van der Waals surface area contributed by atoms with Gasteiger partial charge in [-0.2, -0.15) is 0 Å². The van der Waals surface area contributed by atoms with E-state index in [1.54, 1.807) is 6.20 Å². The Balaban J connectivity index is 2.16. The highest BCUT2D eigenvalue weighted by Gasteiger charge is 2.18. The number of carbonyl (C=O) groups is 1. The van der Waals surface area contributed by atoms with Crippen LogP contribution in [0.15, 0.2) is 36.7 Å². The van der Waals surface area contributed by atoms with Crippen molar-refractivity contribution >= 4 is 22.4 Å². The molecular weight excluding hydrogens is 290 g/mol. The van der Waals surface area contributed by atoms with Crippen molar-refractivity contribution in [1.29, 1.82) is 0 Å². The van der Waals surface area contributed by atoms with E-state index < -0.39 is 5.60 Å². The van der Waals surface area contributed by atoms with E-state index in [4.69, 9.17) is 10.5 Å². The van der Waals surface area contributed by atoms with Gasteiger partial charge in [0.25, 0.3) is 0 Å². The molecule has 0 spiro atoms. The molecule has 1 aromatic carbocycles. The first kappa shape index (κ1) is 17.2. The van der Waals surface area contributed by atoms with Crippen LogP contribution in [0.3, 0.4) is 0 Å². The van der Waals surface area contributed by atoms with Crippen molar-refractivity contribution in [3.8, 4) is 0 Å². The van der Waals surface area contributed by atoms with Crippen molar-refractivity contribution in [2.24, 2.45) is 5.73 Å². The molecular formula is C18H25N3O2. The van der Waals surface area contributed by atoms with E-state index in [1.807, 2.05) is 51.2 Å². The number of benzene rings is 1. The number of hydrogen-bond donors (Lipinski definition) is 1. The Labute approximate surface area is 137 Å². The quantitative estimate of drug-likeness (QED) is 0.830. The second kappa shape index (κ2) is 7.42. The lowest BCUT2D eigenvalue weighted by atomic mass is 10.1. The molecule has 0 fully saturated rings. The van der Waals surface area contributed by atoms with Crippen LogP contribution in [0.5, 0.6) is 0 Å². The molecule has 2 N–H and O–H groups in total. The van der Waals surface area contributed by atoms with Gasteiger partial charge < -0.3 is 15.4 Å². The molecule has 0 bridgehead atoms. The zero-order valence-electron chi connectivity index (χ0n) is 14.1. The fraction of sp³-hybridized carbons (Fsp3) is 0.444. The van der Waals surface area contributed by atoms with Gasteiger partial charge in [0, 0.05) is 48.5 Å². The predicted octanol–water partition coefficient (Wildman–Crippen LogP) is 2.73. The Morgan fingerprint density at radius 2 is 2.04 bits per heavy atom. The highest BCUT2D eigenvalue weighted by atomic mass is 16.6. The lowest BCUT2D eigenvalue weighted by Crippen LogP contribution is -2.33. The molecule has 5 heteroatoms. The number of hydrogen-bond acceptors (Lipinski definition) is 5. The number of fused-ring (bicyclic) bond motifs is 1. The molecule has 0 saturated carbocycles. The monoisotopic (exact) mass is 315 g/mol. The molecule has 23 heavy (non-hydrogen) atoms. The SMILES string of the molecule is CC(C)(C)OC(=O)CCN(CCN)c1cccc2cnccc12. The van der Waals surface area contributed by atoms with Crippen LogP contribution in [0.25, 0.3) is 10.8 Å². The number of esters is 1. The third kappa shape index (κ3) is 4.93. The summed E-state index contributed by atoms with van der Waals surface area (Å²) in [5.41, 5.74) is 6.36. The summed E-state index contributed by atoms with van der Waals surface area (Å²) in [6.07, 6.45) is 3.95. The molecule has 1 aromatic heterocycles. The van der Waals surface area contributed by atoms with Gasteiger partial charge in [-0.1, -0.05) is 12.1 Å². The van der Waals surface area contributed by atoms with Gasteiger partial charge in [-0.05, 0) is 32.9 Å². The molecule has 0 unspecified atom stereocenters. The molecule has 124 valence electrons. The minimum atomic E-state index is -0.457. The van der Waals surface area contributed by atoms with Crippen LogP contribution < -0.4 is 10.6 Å². The second-order valence-corrected chi connectivity index (χ2v) is 6.49. The Kier molecular flexibility index (Phi) is 5.55. The van der Waals surface area contributed by atoms with Crippen molar-refractivity contribution in [3.05, 3.63) is 36.7 Å². The second-order valence-electron chi connectivity index (χ2n) is 6.49. The summed E-state index contributed by atoms with van der Waals surface area (Å²) in [6.45, 7) is 7.41. The normalized spacial score (nSPS) is 11.5. The van der Waals surface area contributed by atoms with Gasteiger partial charge in [0.1, 0.15) is 5.60 Å². The van der Waals surface area contributed by atoms with E-state index in [0.717, 1.165) is 16.5 Å². The highest BCUT2D eigenvalue weighted by molar-refractivity contribution is 5.93. The number of carbonyl (C=O) groups excluding carboxylic acids is 1. The Morgan fingerprint density at radius 1 is 1.26 bits per heavy atom. The molecule has 5 nitrogen and oxygen atoms in total. The van der Waals surface area contributed by atoms with E-state index in [2.05, 4.69) is 9.88 Å². The minimum Gasteiger partial charge on any atom is -0.460 e. The van der Waals surface area contributed by atoms with Crippen LogP contribution >= 0.6 is 0 Å². The molecule has 0 aliphatic carbocycles. The molecule has 2 rings (SSSR count). The molecule has 0 saturated heterocycles. The molecule has 0 atom stereocenters. The highest BCUT2D eigenvalue weighted by Crippen LogP contribution is 2.26. The van der Waals surface area contributed by atoms with E-state index in [-0.39, 0.29) is 5.97 Å². The van der Waals surface area contributed by atoms with Crippen LogP contribution in [0, 0.1) is 0 Å². The average molecular weight is 315 g/mol. The molecule has 1 heterocycles. The third-order valence-corrected chi connectivity index (χ3v) is 3.40. The summed E-state index contributed by atoms with van der Waals surface area (Å²) >= 11 is 0. The number of anilines is 1. The first-order valence-corrected chi connectivity index (χ1v) is 7.90. The molecule has 0 amide bonds. The van der Waals surface area contributed by atoms with Gasteiger partial charge in [-0.25, -0.2) is 0 Å². The largest absolute Gasteiger partial charge is 0.460 e. The first-order valence-electron chi connectivity index (χ1n) is 7.90. The number of rotatable bonds is 6. The van der Waals surface area contributed by atoms with Gasteiger partial charge >= 0.3 is 5.97 Å². The zero-order valence-corrected chi connectivity index (χ0v) is 14.1. The van der Waals surface area contributed by atoms with Crippen molar-refractivity contribution in [3.63, 3.8) is 0 Å². The van der Waals surface area contributed by atoms with E-state index in [1.165, 1.54) is 0 Å². The van der Waals surface area contributed by atoms with E-state index in [9.17, 15) is 4.79 Å². The van der Waals surface area contributed by atoms with Gasteiger partial charge in [-0.15, -0.1) is 0 Å². The molecule has 2 aromatic rings. The number of nitrogens with zero attached hydrogens (tertiary/aromatic N) is 2. The lowest BCUT2D eigenvalue weighted by molar-refractivity contribution is -0.154. The number of pyridine rings is 1. The van der Waals surface area contributed by atoms with Crippen LogP contribution in [0.1, 0.15) is 27.2 Å². The first-order chi connectivity index (χ1) is 10.9. The topological polar surface area (TPSA) is 68.5 Å². The summed E-state index contributed by atoms with van der Waals surface area (Å²) in [5, 5.41) is 2.18. The fourth-order valence-corrected chi connectivity index (χ4v) is 2.51. The van der Waals surface area contributed by atoms with Crippen molar-refractivity contribution < 1.29 is 9.53 Å². The Morgan fingerprint density at radius 3 is 2.74 bits per heavy atom. The predicted molar refractivity (Wildman–Crippen MR) is 93.5 cm³/mol. The maximum Gasteiger partial charge on any atom is 0.308 e. The van der Waals surface area contributed by atoms with Crippen molar-refractivity contribution in [2.45, 2.75) is 32.8 Å². The maximum atomic E-state index is 12.0. The zero-order chi connectivity index (χ0) is 16.9. The number of ether oxygens (including phenoxy) is 1. The van der Waals surface area contributed by atoms with Crippen LogP contribution in [0.4, 0.5) is 5.69 Å². The van der Waals surface area contributed by atoms with Crippen molar-refractivity contribution in [1.82, 2.24) is 4.98 Å². The minimum absolute atomic E-state index is 0.193. The average Bonchev–Trinajstić information content (AvgIpc) is 2.49. The Hall–Kier alpha value is -2.14. The summed E-state index contributed by atoms with van der Waals surface area (Å²) in [7, 11) is 0. The lowest BCUT2D eigenvalue weighted by Gasteiger charge is -2.26. The molecule has 0 aliphatic heterocycles. The number of nitrogens with two attached hydrogens (primary N) is 1. The van der Waals surface area contributed by atoms with Gasteiger partial charge in [0.15, 0.2) is 0 Å². The molecule has 0 aliphatic rings.